The maximum Gasteiger partial charge on any atom is 0.270 e. The van der Waals surface area contributed by atoms with Crippen LogP contribution in [0.3, 0.4) is 0 Å². The lowest BCUT2D eigenvalue weighted by atomic mass is 10.1. The number of anilines is 2. The molecule has 8 nitrogen and oxygen atoms in total. The normalized spacial score (nSPS) is 14.7. The number of nitro benzene ring substituents is 1. The van der Waals surface area contributed by atoms with Crippen LogP contribution < -0.4 is 15.0 Å². The van der Waals surface area contributed by atoms with Gasteiger partial charge in [0.25, 0.3) is 11.6 Å². The van der Waals surface area contributed by atoms with Gasteiger partial charge in [-0.2, -0.15) is 0 Å². The smallest absolute Gasteiger partial charge is 0.270 e. The first-order chi connectivity index (χ1) is 13.0. The largest absolute Gasteiger partial charge is 0.496 e. The summed E-state index contributed by atoms with van der Waals surface area (Å²) in [5, 5.41) is 13.7. The Kier molecular flexibility index (Phi) is 5.56. The highest BCUT2D eigenvalue weighted by atomic mass is 16.6. The van der Waals surface area contributed by atoms with Crippen LogP contribution in [0.25, 0.3) is 0 Å². The fourth-order valence-corrected chi connectivity index (χ4v) is 3.01. The van der Waals surface area contributed by atoms with Gasteiger partial charge in [0.15, 0.2) is 0 Å². The number of hydrogen-bond donors (Lipinski definition) is 1. The van der Waals surface area contributed by atoms with Gasteiger partial charge in [0.05, 0.1) is 17.6 Å². The number of benzene rings is 2. The number of rotatable bonds is 5. The monoisotopic (exact) mass is 370 g/mol. The van der Waals surface area contributed by atoms with Crippen LogP contribution in [0.1, 0.15) is 10.4 Å². The Bertz CT molecular complexity index is 830. The van der Waals surface area contributed by atoms with Crippen LogP contribution in [0.15, 0.2) is 42.5 Å². The van der Waals surface area contributed by atoms with Crippen molar-refractivity contribution < 1.29 is 14.5 Å². The topological polar surface area (TPSA) is 87.9 Å². The molecule has 1 amide bonds. The quantitative estimate of drug-likeness (QED) is 0.643. The van der Waals surface area contributed by atoms with E-state index in [1.54, 1.807) is 0 Å². The van der Waals surface area contributed by atoms with Gasteiger partial charge in [0.2, 0.25) is 0 Å². The third-order valence-electron chi connectivity index (χ3n) is 4.63. The number of likely N-dealkylation sites (N-methyl/N-ethyl adjacent to an activating group) is 1. The minimum atomic E-state index is -0.541. The number of piperazine rings is 1. The average Bonchev–Trinajstić information content (AvgIpc) is 2.68. The maximum absolute atomic E-state index is 12.6. The highest BCUT2D eigenvalue weighted by Crippen LogP contribution is 2.26. The third-order valence-corrected chi connectivity index (χ3v) is 4.63. The summed E-state index contributed by atoms with van der Waals surface area (Å²) in [6.45, 7) is 3.97. The number of ether oxygens (including phenoxy) is 1. The van der Waals surface area contributed by atoms with E-state index in [4.69, 9.17) is 4.74 Å². The van der Waals surface area contributed by atoms with Gasteiger partial charge < -0.3 is 19.9 Å². The Morgan fingerprint density at radius 3 is 2.37 bits per heavy atom. The van der Waals surface area contributed by atoms with Gasteiger partial charge >= 0.3 is 0 Å². The molecular weight excluding hydrogens is 348 g/mol. The molecule has 0 spiro atoms. The summed E-state index contributed by atoms with van der Waals surface area (Å²) < 4.78 is 5.15. The molecule has 1 aliphatic heterocycles. The van der Waals surface area contributed by atoms with Gasteiger partial charge in [0.1, 0.15) is 5.75 Å². The van der Waals surface area contributed by atoms with Crippen LogP contribution in [0.5, 0.6) is 5.75 Å². The molecule has 1 aliphatic rings. The number of carbonyl (C=O) groups excluding carboxylic acids is 1. The molecule has 8 heteroatoms. The van der Waals surface area contributed by atoms with E-state index in [-0.39, 0.29) is 17.0 Å². The van der Waals surface area contributed by atoms with Crippen molar-refractivity contribution in [2.75, 3.05) is 50.6 Å². The average molecular weight is 370 g/mol. The first-order valence-corrected chi connectivity index (χ1v) is 8.65. The maximum atomic E-state index is 12.6. The zero-order chi connectivity index (χ0) is 19.4. The van der Waals surface area contributed by atoms with Gasteiger partial charge in [-0.15, -0.1) is 0 Å². The number of hydrogen-bond acceptors (Lipinski definition) is 6. The molecule has 0 bridgehead atoms. The van der Waals surface area contributed by atoms with Crippen LogP contribution in [0.2, 0.25) is 0 Å². The Hall–Kier alpha value is -3.13. The molecule has 0 atom stereocenters. The summed E-state index contributed by atoms with van der Waals surface area (Å²) in [5.41, 5.74) is 1.68. The molecule has 0 aliphatic carbocycles. The summed E-state index contributed by atoms with van der Waals surface area (Å²) in [6.07, 6.45) is 0. The Morgan fingerprint density at radius 2 is 1.78 bits per heavy atom. The second-order valence-corrected chi connectivity index (χ2v) is 6.43. The number of carbonyl (C=O) groups is 1. The number of nitrogens with one attached hydrogen (secondary N) is 1. The molecule has 1 saturated heterocycles. The fourth-order valence-electron chi connectivity index (χ4n) is 3.01. The van der Waals surface area contributed by atoms with Crippen LogP contribution in [-0.4, -0.2) is 56.1 Å². The molecule has 0 saturated carbocycles. The molecule has 1 fully saturated rings. The number of nitrogens with zero attached hydrogens (tertiary/aromatic N) is 3. The summed E-state index contributed by atoms with van der Waals surface area (Å²) in [4.78, 5) is 27.6. The second-order valence-electron chi connectivity index (χ2n) is 6.43. The van der Waals surface area contributed by atoms with Crippen LogP contribution in [0.4, 0.5) is 17.1 Å². The number of amides is 1. The first kappa shape index (κ1) is 18.7. The predicted octanol–water partition coefficient (Wildman–Crippen LogP) is 2.61. The zero-order valence-electron chi connectivity index (χ0n) is 15.3. The minimum Gasteiger partial charge on any atom is -0.496 e. The first-order valence-electron chi connectivity index (χ1n) is 8.65. The van der Waals surface area contributed by atoms with Gasteiger partial charge in [-0.1, -0.05) is 0 Å². The van der Waals surface area contributed by atoms with Crippen LogP contribution in [0, 0.1) is 10.1 Å². The molecule has 1 heterocycles. The van der Waals surface area contributed by atoms with E-state index in [0.29, 0.717) is 5.69 Å². The van der Waals surface area contributed by atoms with Crippen molar-refractivity contribution in [2.24, 2.45) is 0 Å². The molecule has 0 radical (unpaired) electrons. The van der Waals surface area contributed by atoms with Gasteiger partial charge in [-0.25, -0.2) is 0 Å². The standard InChI is InChI=1S/C19H22N4O4/c1-21-9-11-22(12-10-21)15-5-3-14(4-6-15)20-19(24)17-13-16(23(25)26)7-8-18(17)27-2/h3-8,13H,9-12H2,1-2H3,(H,20,24). The number of non-ortho nitro benzene ring substituents is 1. The Labute approximate surface area is 157 Å². The molecule has 3 rings (SSSR count). The zero-order valence-corrected chi connectivity index (χ0v) is 15.3. The van der Waals surface area contributed by atoms with E-state index in [0.717, 1.165) is 31.9 Å². The second kappa shape index (κ2) is 8.05. The van der Waals surface area contributed by atoms with E-state index in [1.807, 2.05) is 24.3 Å². The van der Waals surface area contributed by atoms with Gasteiger partial charge in [-0.3, -0.25) is 14.9 Å². The SMILES string of the molecule is COc1ccc([N+](=O)[O-])cc1C(=O)Nc1ccc(N2CCN(C)CC2)cc1. The van der Waals surface area contributed by atoms with E-state index in [1.165, 1.54) is 25.3 Å². The van der Waals surface area contributed by atoms with E-state index in [2.05, 4.69) is 22.2 Å². The van der Waals surface area contributed by atoms with Crippen LogP contribution >= 0.6 is 0 Å². The molecule has 142 valence electrons. The Morgan fingerprint density at radius 1 is 1.11 bits per heavy atom. The summed E-state index contributed by atoms with van der Waals surface area (Å²) in [7, 11) is 3.53. The van der Waals surface area contributed by atoms with Crippen molar-refractivity contribution in [3.63, 3.8) is 0 Å². The van der Waals surface area contributed by atoms with Gasteiger partial charge in [-0.05, 0) is 37.4 Å². The summed E-state index contributed by atoms with van der Waals surface area (Å²) >= 11 is 0. The van der Waals surface area contributed by atoms with E-state index < -0.39 is 10.8 Å². The summed E-state index contributed by atoms with van der Waals surface area (Å²) in [5.74, 6) is -0.171. The highest BCUT2D eigenvalue weighted by Gasteiger charge is 2.18. The molecule has 2 aromatic rings. The number of methoxy groups -OCH3 is 1. The van der Waals surface area contributed by atoms with Crippen molar-refractivity contribution in [2.45, 2.75) is 0 Å². The molecule has 0 unspecified atom stereocenters. The van der Waals surface area contributed by atoms with Gasteiger partial charge in [0, 0.05) is 49.7 Å². The van der Waals surface area contributed by atoms with Crippen molar-refractivity contribution >= 4 is 23.0 Å². The molecule has 2 aromatic carbocycles. The van der Waals surface area contributed by atoms with Crippen molar-refractivity contribution in [1.29, 1.82) is 0 Å². The number of nitro groups is 1. The third kappa shape index (κ3) is 4.35. The van der Waals surface area contributed by atoms with E-state index in [9.17, 15) is 14.9 Å². The predicted molar refractivity (Wildman–Crippen MR) is 104 cm³/mol. The molecule has 0 aromatic heterocycles. The van der Waals surface area contributed by atoms with Crippen molar-refractivity contribution in [1.82, 2.24) is 4.90 Å². The highest BCUT2D eigenvalue weighted by molar-refractivity contribution is 6.06. The lowest BCUT2D eigenvalue weighted by Gasteiger charge is -2.34. The summed E-state index contributed by atoms with van der Waals surface area (Å²) in [6, 6.07) is 11.5. The van der Waals surface area contributed by atoms with E-state index >= 15 is 0 Å². The minimum absolute atomic E-state index is 0.120. The molecule has 1 N–H and O–H groups in total. The van der Waals surface area contributed by atoms with Crippen molar-refractivity contribution in [3.8, 4) is 5.75 Å². The van der Waals surface area contributed by atoms with Crippen LogP contribution in [-0.2, 0) is 0 Å². The van der Waals surface area contributed by atoms with Crippen molar-refractivity contribution in [3.05, 3.63) is 58.1 Å². The lowest BCUT2D eigenvalue weighted by molar-refractivity contribution is -0.384. The lowest BCUT2D eigenvalue weighted by Crippen LogP contribution is -2.44. The Balaban J connectivity index is 1.73. The molecule has 27 heavy (non-hydrogen) atoms. The molecular formula is C19H22N4O4. The fraction of sp³-hybridized carbons (Fsp3) is 0.316.